The average Bonchev–Trinajstić information content (AvgIpc) is 3.41. The number of hydrogen-bond donors (Lipinski definition) is 0. The zero-order valence-corrected chi connectivity index (χ0v) is 37.4. The summed E-state index contributed by atoms with van der Waals surface area (Å²) in [7, 11) is 0. The van der Waals surface area contributed by atoms with Gasteiger partial charge in [0.15, 0.2) is 0 Å². The van der Waals surface area contributed by atoms with Crippen molar-refractivity contribution in [2.24, 2.45) is 0 Å². The van der Waals surface area contributed by atoms with Crippen molar-refractivity contribution in [2.75, 3.05) is 4.90 Å². The lowest BCUT2D eigenvalue weighted by atomic mass is 9.97. The Morgan fingerprint density at radius 2 is 0.418 bits per heavy atom. The van der Waals surface area contributed by atoms with E-state index >= 15 is 0 Å². The first-order valence-electron chi connectivity index (χ1n) is 22.8. The SMILES string of the molecule is C(=Cc1ccc(N(c2ccc(C=CC=C(c3ccccc3)c3ccccc3)cc2)c2ccc(C=CC=C(c3ccccc3)c3ccccc3)cc2)cc1)C=C(c1ccccc1)c1ccccc1. The lowest BCUT2D eigenvalue weighted by molar-refractivity contribution is 1.28. The fourth-order valence-corrected chi connectivity index (χ4v) is 8.20. The highest BCUT2D eigenvalue weighted by Crippen LogP contribution is 2.36. The third-order valence-corrected chi connectivity index (χ3v) is 11.6. The number of nitrogens with zero attached hydrogens (tertiary/aromatic N) is 1. The molecular formula is C66H51N. The zero-order valence-electron chi connectivity index (χ0n) is 37.4. The van der Waals surface area contributed by atoms with Crippen molar-refractivity contribution in [3.63, 3.8) is 0 Å². The Hall–Kier alpha value is -8.78. The van der Waals surface area contributed by atoms with Crippen molar-refractivity contribution in [3.05, 3.63) is 341 Å². The van der Waals surface area contributed by atoms with Crippen molar-refractivity contribution in [3.8, 4) is 0 Å². The Balaban J connectivity index is 1.00. The van der Waals surface area contributed by atoms with E-state index < -0.39 is 0 Å². The van der Waals surface area contributed by atoms with Gasteiger partial charge in [0.25, 0.3) is 0 Å². The lowest BCUT2D eigenvalue weighted by Crippen LogP contribution is -2.09. The highest BCUT2D eigenvalue weighted by atomic mass is 15.1. The fraction of sp³-hybridized carbons (Fsp3) is 0. The van der Waals surface area contributed by atoms with E-state index in [1.54, 1.807) is 0 Å². The minimum Gasteiger partial charge on any atom is -0.311 e. The van der Waals surface area contributed by atoms with E-state index in [4.69, 9.17) is 0 Å². The first-order chi connectivity index (χ1) is 33.2. The molecule has 0 radical (unpaired) electrons. The molecule has 0 heterocycles. The third kappa shape index (κ3) is 11.5. The van der Waals surface area contributed by atoms with Gasteiger partial charge in [0.2, 0.25) is 0 Å². The van der Waals surface area contributed by atoms with Crippen LogP contribution in [0.5, 0.6) is 0 Å². The quantitative estimate of drug-likeness (QED) is 0.0929. The topological polar surface area (TPSA) is 3.24 Å². The summed E-state index contributed by atoms with van der Waals surface area (Å²) >= 11 is 0. The van der Waals surface area contributed by atoms with Crippen LogP contribution in [-0.2, 0) is 0 Å². The molecule has 0 N–H and O–H groups in total. The Morgan fingerprint density at radius 1 is 0.224 bits per heavy atom. The standard InChI is InChI=1S/C66H51N/c1-7-25-55(26-8-1)64(56-27-9-2-10-28-56)37-19-22-52-40-46-61(47-41-52)67(62-48-42-53(43-49-62)23-20-38-65(57-29-11-3-12-30-57)58-31-13-4-14-32-58)63-50-44-54(45-51-63)24-21-39-66(59-33-15-5-16-34-59)60-35-17-6-18-36-60/h1-51H. The summed E-state index contributed by atoms with van der Waals surface area (Å²) in [5, 5.41) is 0. The number of benzene rings is 9. The summed E-state index contributed by atoms with van der Waals surface area (Å²) in [4.78, 5) is 2.32. The Labute approximate surface area is 396 Å². The van der Waals surface area contributed by atoms with Gasteiger partial charge >= 0.3 is 0 Å². The third-order valence-electron chi connectivity index (χ3n) is 11.6. The molecule has 1 nitrogen and oxygen atoms in total. The maximum atomic E-state index is 2.32. The Kier molecular flexibility index (Phi) is 14.4. The predicted octanol–water partition coefficient (Wildman–Crippen LogP) is 17.6. The fourth-order valence-electron chi connectivity index (χ4n) is 8.20. The van der Waals surface area contributed by atoms with Gasteiger partial charge in [-0.2, -0.15) is 0 Å². The molecule has 9 aromatic rings. The van der Waals surface area contributed by atoms with Crippen LogP contribution in [0.2, 0.25) is 0 Å². The normalized spacial score (nSPS) is 11.1. The van der Waals surface area contributed by atoms with Gasteiger partial charge in [-0.15, -0.1) is 0 Å². The second-order valence-corrected chi connectivity index (χ2v) is 16.1. The highest BCUT2D eigenvalue weighted by molar-refractivity contribution is 5.84. The molecule has 0 amide bonds. The van der Waals surface area contributed by atoms with Gasteiger partial charge in [-0.1, -0.05) is 273 Å². The van der Waals surface area contributed by atoms with Gasteiger partial charge < -0.3 is 4.90 Å². The number of anilines is 3. The van der Waals surface area contributed by atoms with Gasteiger partial charge in [-0.25, -0.2) is 0 Å². The molecule has 0 atom stereocenters. The molecule has 320 valence electrons. The summed E-state index contributed by atoms with van der Waals surface area (Å²) in [6.07, 6.45) is 19.6. The molecule has 0 saturated heterocycles. The van der Waals surface area contributed by atoms with Crippen LogP contribution < -0.4 is 4.90 Å². The van der Waals surface area contributed by atoms with Crippen LogP contribution in [0.15, 0.2) is 291 Å². The first kappa shape index (κ1) is 43.5. The van der Waals surface area contributed by atoms with Gasteiger partial charge in [0, 0.05) is 17.1 Å². The van der Waals surface area contributed by atoms with E-state index in [1.807, 2.05) is 0 Å². The zero-order chi connectivity index (χ0) is 45.3. The van der Waals surface area contributed by atoms with Crippen molar-refractivity contribution in [2.45, 2.75) is 0 Å². The minimum atomic E-state index is 1.07. The van der Waals surface area contributed by atoms with Gasteiger partial charge in [0.1, 0.15) is 0 Å². The number of rotatable bonds is 15. The van der Waals surface area contributed by atoms with Crippen molar-refractivity contribution in [1.82, 2.24) is 0 Å². The molecule has 0 spiro atoms. The van der Waals surface area contributed by atoms with E-state index in [9.17, 15) is 0 Å². The first-order valence-corrected chi connectivity index (χ1v) is 22.8. The molecule has 1 heteroatoms. The summed E-state index contributed by atoms with van der Waals surface area (Å²) in [5.74, 6) is 0. The summed E-state index contributed by atoms with van der Waals surface area (Å²) in [6, 6.07) is 89.8. The molecule has 9 rings (SSSR count). The van der Waals surface area contributed by atoms with Crippen LogP contribution in [0.1, 0.15) is 50.1 Å². The molecule has 0 aliphatic rings. The second kappa shape index (κ2) is 22.2. The van der Waals surface area contributed by atoms with Crippen LogP contribution in [0.25, 0.3) is 34.9 Å². The predicted molar refractivity (Wildman–Crippen MR) is 288 cm³/mol. The van der Waals surface area contributed by atoms with Crippen molar-refractivity contribution in [1.29, 1.82) is 0 Å². The van der Waals surface area contributed by atoms with Crippen LogP contribution in [0.4, 0.5) is 17.1 Å². The summed E-state index contributed by atoms with van der Waals surface area (Å²) in [6.45, 7) is 0. The molecule has 0 unspecified atom stereocenters. The number of allylic oxidation sites excluding steroid dienone is 6. The van der Waals surface area contributed by atoms with Gasteiger partial charge in [-0.3, -0.25) is 0 Å². The van der Waals surface area contributed by atoms with Crippen LogP contribution in [0, 0.1) is 0 Å². The average molecular weight is 858 g/mol. The van der Waals surface area contributed by atoms with Crippen molar-refractivity contribution < 1.29 is 0 Å². The van der Waals surface area contributed by atoms with Crippen LogP contribution >= 0.6 is 0 Å². The molecular weight excluding hydrogens is 807 g/mol. The monoisotopic (exact) mass is 857 g/mol. The van der Waals surface area contributed by atoms with Crippen LogP contribution in [-0.4, -0.2) is 0 Å². The highest BCUT2D eigenvalue weighted by Gasteiger charge is 2.13. The molecule has 0 saturated carbocycles. The van der Waals surface area contributed by atoms with E-state index in [0.717, 1.165) is 33.8 Å². The Morgan fingerprint density at radius 3 is 0.612 bits per heavy atom. The second-order valence-electron chi connectivity index (χ2n) is 16.1. The minimum absolute atomic E-state index is 1.07. The largest absolute Gasteiger partial charge is 0.311 e. The molecule has 0 aliphatic carbocycles. The van der Waals surface area contributed by atoms with E-state index in [1.165, 1.54) is 50.1 Å². The Bertz CT molecular complexity index is 2650. The maximum absolute atomic E-state index is 2.32. The molecule has 9 aromatic carbocycles. The van der Waals surface area contributed by atoms with Crippen molar-refractivity contribution >= 4 is 52.0 Å². The lowest BCUT2D eigenvalue weighted by Gasteiger charge is -2.26. The van der Waals surface area contributed by atoms with E-state index in [2.05, 4.69) is 314 Å². The van der Waals surface area contributed by atoms with E-state index in [-0.39, 0.29) is 0 Å². The van der Waals surface area contributed by atoms with Gasteiger partial charge in [0.05, 0.1) is 0 Å². The maximum Gasteiger partial charge on any atom is 0.0462 e. The number of hydrogen-bond acceptors (Lipinski definition) is 1. The molecule has 0 fully saturated rings. The van der Waals surface area contributed by atoms with E-state index in [0.29, 0.717) is 0 Å². The van der Waals surface area contributed by atoms with Gasteiger partial charge in [-0.05, 0) is 103 Å². The molecule has 0 bridgehead atoms. The smallest absolute Gasteiger partial charge is 0.0462 e. The summed E-state index contributed by atoms with van der Waals surface area (Å²) < 4.78 is 0. The molecule has 67 heavy (non-hydrogen) atoms. The summed E-state index contributed by atoms with van der Waals surface area (Å²) in [5.41, 5.74) is 17.3. The molecule has 0 aliphatic heterocycles. The van der Waals surface area contributed by atoms with Crippen LogP contribution in [0.3, 0.4) is 0 Å². The molecule has 0 aromatic heterocycles.